The highest BCUT2D eigenvalue weighted by Gasteiger charge is 2.10. The highest BCUT2D eigenvalue weighted by Crippen LogP contribution is 2.18. The van der Waals surface area contributed by atoms with Gasteiger partial charge in [-0.1, -0.05) is 31.2 Å². The molecule has 1 amide bonds. The number of aromatic nitrogens is 3. The summed E-state index contributed by atoms with van der Waals surface area (Å²) in [4.78, 5) is 16.2. The standard InChI is InChI=1S/C19H19N5O/c1-3-14-4-6-16(7-5-14)17-12-18(23-22-17)19(25)24-21-13(2)15-8-10-20-11-9-15/h4-12H,3H2,1-2H3,(H,22,23)(H,24,25)/b21-13-. The van der Waals surface area contributed by atoms with E-state index in [4.69, 9.17) is 0 Å². The largest absolute Gasteiger partial charge is 0.289 e. The number of nitrogens with zero attached hydrogens (tertiary/aromatic N) is 3. The molecule has 6 nitrogen and oxygen atoms in total. The summed E-state index contributed by atoms with van der Waals surface area (Å²) in [5.74, 6) is -0.336. The molecule has 0 spiro atoms. The number of pyridine rings is 1. The van der Waals surface area contributed by atoms with E-state index in [0.717, 1.165) is 23.2 Å². The number of aromatic amines is 1. The van der Waals surface area contributed by atoms with Gasteiger partial charge in [0, 0.05) is 23.5 Å². The minimum absolute atomic E-state index is 0.336. The van der Waals surface area contributed by atoms with Gasteiger partial charge in [0.25, 0.3) is 5.91 Å². The normalized spacial score (nSPS) is 11.4. The van der Waals surface area contributed by atoms with Gasteiger partial charge in [0.15, 0.2) is 0 Å². The number of rotatable bonds is 5. The minimum atomic E-state index is -0.336. The summed E-state index contributed by atoms with van der Waals surface area (Å²) in [5, 5.41) is 11.1. The summed E-state index contributed by atoms with van der Waals surface area (Å²) < 4.78 is 0. The molecule has 0 fully saturated rings. The molecule has 0 saturated carbocycles. The molecule has 0 aliphatic carbocycles. The van der Waals surface area contributed by atoms with Crippen molar-refractivity contribution < 1.29 is 4.79 Å². The van der Waals surface area contributed by atoms with Gasteiger partial charge in [-0.25, -0.2) is 5.43 Å². The summed E-state index contributed by atoms with van der Waals surface area (Å²) >= 11 is 0. The Morgan fingerprint density at radius 1 is 1.16 bits per heavy atom. The zero-order valence-corrected chi connectivity index (χ0v) is 14.2. The number of aryl methyl sites for hydroxylation is 1. The van der Waals surface area contributed by atoms with Crippen LogP contribution in [-0.2, 0) is 6.42 Å². The quantitative estimate of drug-likeness (QED) is 0.555. The molecule has 126 valence electrons. The number of nitrogens with one attached hydrogen (secondary N) is 2. The van der Waals surface area contributed by atoms with Gasteiger partial charge in [0.2, 0.25) is 0 Å². The number of hydrogen-bond acceptors (Lipinski definition) is 4. The molecule has 0 radical (unpaired) electrons. The number of hydrazone groups is 1. The first kappa shape index (κ1) is 16.6. The van der Waals surface area contributed by atoms with Crippen molar-refractivity contribution >= 4 is 11.6 Å². The lowest BCUT2D eigenvalue weighted by atomic mass is 10.1. The fourth-order valence-corrected chi connectivity index (χ4v) is 2.35. The summed E-state index contributed by atoms with van der Waals surface area (Å²) in [6.07, 6.45) is 4.35. The molecule has 25 heavy (non-hydrogen) atoms. The second-order valence-corrected chi connectivity index (χ2v) is 5.59. The second kappa shape index (κ2) is 7.53. The van der Waals surface area contributed by atoms with Crippen LogP contribution in [-0.4, -0.2) is 26.8 Å². The molecule has 0 atom stereocenters. The van der Waals surface area contributed by atoms with E-state index in [9.17, 15) is 4.79 Å². The van der Waals surface area contributed by atoms with Gasteiger partial charge < -0.3 is 0 Å². The lowest BCUT2D eigenvalue weighted by Gasteiger charge is -2.01. The van der Waals surface area contributed by atoms with Crippen LogP contribution in [0.1, 0.15) is 35.5 Å². The number of benzene rings is 1. The number of H-pyrrole nitrogens is 1. The number of carbonyl (C=O) groups is 1. The van der Waals surface area contributed by atoms with Gasteiger partial charge in [0.1, 0.15) is 5.69 Å². The first-order chi connectivity index (χ1) is 12.2. The maximum absolute atomic E-state index is 12.2. The van der Waals surface area contributed by atoms with Gasteiger partial charge in [-0.15, -0.1) is 0 Å². The van der Waals surface area contributed by atoms with Crippen LogP contribution in [0.25, 0.3) is 11.3 Å². The molecule has 0 bridgehead atoms. The van der Waals surface area contributed by atoms with Crippen LogP contribution in [0.3, 0.4) is 0 Å². The number of amides is 1. The van der Waals surface area contributed by atoms with E-state index in [0.29, 0.717) is 11.4 Å². The van der Waals surface area contributed by atoms with Gasteiger partial charge in [-0.3, -0.25) is 14.9 Å². The Bertz CT molecular complexity index is 882. The molecule has 0 unspecified atom stereocenters. The van der Waals surface area contributed by atoms with E-state index in [1.165, 1.54) is 5.56 Å². The summed E-state index contributed by atoms with van der Waals surface area (Å²) in [5.41, 5.74) is 7.45. The fraction of sp³-hybridized carbons (Fsp3) is 0.158. The predicted molar refractivity (Wildman–Crippen MR) is 97.3 cm³/mol. The summed E-state index contributed by atoms with van der Waals surface area (Å²) in [6.45, 7) is 3.93. The Labute approximate surface area is 146 Å². The minimum Gasteiger partial charge on any atom is -0.272 e. The molecule has 6 heteroatoms. The summed E-state index contributed by atoms with van der Waals surface area (Å²) in [6, 6.07) is 13.5. The van der Waals surface area contributed by atoms with E-state index >= 15 is 0 Å². The van der Waals surface area contributed by atoms with Gasteiger partial charge in [-0.2, -0.15) is 10.2 Å². The molecular weight excluding hydrogens is 314 g/mol. The molecule has 0 aliphatic rings. The highest BCUT2D eigenvalue weighted by molar-refractivity contribution is 6.00. The zero-order chi connectivity index (χ0) is 17.6. The first-order valence-electron chi connectivity index (χ1n) is 8.07. The molecule has 2 heterocycles. The van der Waals surface area contributed by atoms with Crippen LogP contribution in [0.5, 0.6) is 0 Å². The van der Waals surface area contributed by atoms with Crippen LogP contribution >= 0.6 is 0 Å². The Morgan fingerprint density at radius 2 is 1.88 bits per heavy atom. The Hall–Kier alpha value is -3.28. The van der Waals surface area contributed by atoms with Crippen LogP contribution in [0.2, 0.25) is 0 Å². The molecule has 3 rings (SSSR count). The van der Waals surface area contributed by atoms with Crippen LogP contribution in [0.4, 0.5) is 0 Å². The third kappa shape index (κ3) is 3.98. The van der Waals surface area contributed by atoms with E-state index in [1.807, 2.05) is 31.2 Å². The maximum Gasteiger partial charge on any atom is 0.289 e. The predicted octanol–water partition coefficient (Wildman–Crippen LogP) is 3.19. The third-order valence-electron chi connectivity index (χ3n) is 3.90. The molecule has 0 saturated heterocycles. The fourth-order valence-electron chi connectivity index (χ4n) is 2.35. The lowest BCUT2D eigenvalue weighted by Crippen LogP contribution is -2.19. The molecule has 2 N–H and O–H groups in total. The van der Waals surface area contributed by atoms with E-state index in [2.05, 4.69) is 44.8 Å². The van der Waals surface area contributed by atoms with Crippen LogP contribution in [0, 0.1) is 0 Å². The average Bonchev–Trinajstić information content (AvgIpc) is 3.17. The van der Waals surface area contributed by atoms with Crippen molar-refractivity contribution in [3.63, 3.8) is 0 Å². The third-order valence-corrected chi connectivity index (χ3v) is 3.90. The van der Waals surface area contributed by atoms with Crippen molar-refractivity contribution in [3.8, 4) is 11.3 Å². The Balaban J connectivity index is 1.70. The van der Waals surface area contributed by atoms with Crippen molar-refractivity contribution in [3.05, 3.63) is 71.7 Å². The first-order valence-corrected chi connectivity index (χ1v) is 8.07. The molecule has 0 aliphatic heterocycles. The summed E-state index contributed by atoms with van der Waals surface area (Å²) in [7, 11) is 0. The van der Waals surface area contributed by atoms with Crippen molar-refractivity contribution in [1.29, 1.82) is 0 Å². The Morgan fingerprint density at radius 3 is 2.56 bits per heavy atom. The molecule has 1 aromatic carbocycles. The Kier molecular flexibility index (Phi) is 4.99. The number of carbonyl (C=O) groups excluding carboxylic acids is 1. The van der Waals surface area contributed by atoms with E-state index < -0.39 is 0 Å². The maximum atomic E-state index is 12.2. The molecule has 3 aromatic rings. The van der Waals surface area contributed by atoms with Crippen LogP contribution in [0.15, 0.2) is 60.0 Å². The average molecular weight is 333 g/mol. The highest BCUT2D eigenvalue weighted by atomic mass is 16.2. The number of hydrogen-bond donors (Lipinski definition) is 2. The van der Waals surface area contributed by atoms with Crippen molar-refractivity contribution in [2.75, 3.05) is 0 Å². The van der Waals surface area contributed by atoms with Gasteiger partial charge in [-0.05, 0) is 37.1 Å². The smallest absolute Gasteiger partial charge is 0.272 e. The van der Waals surface area contributed by atoms with Crippen molar-refractivity contribution in [1.82, 2.24) is 20.6 Å². The van der Waals surface area contributed by atoms with Crippen molar-refractivity contribution in [2.45, 2.75) is 20.3 Å². The SMILES string of the molecule is CCc1ccc(-c2cc(C(=O)N/N=C(/C)c3ccncc3)[nH]n2)cc1. The monoisotopic (exact) mass is 333 g/mol. The van der Waals surface area contributed by atoms with Gasteiger partial charge in [0.05, 0.1) is 11.4 Å². The lowest BCUT2D eigenvalue weighted by molar-refractivity contribution is 0.0950. The zero-order valence-electron chi connectivity index (χ0n) is 14.2. The molecule has 2 aromatic heterocycles. The molecular formula is C19H19N5O. The van der Waals surface area contributed by atoms with E-state index in [1.54, 1.807) is 18.5 Å². The van der Waals surface area contributed by atoms with Crippen molar-refractivity contribution in [2.24, 2.45) is 5.10 Å². The van der Waals surface area contributed by atoms with E-state index in [-0.39, 0.29) is 5.91 Å². The van der Waals surface area contributed by atoms with Gasteiger partial charge >= 0.3 is 0 Å². The van der Waals surface area contributed by atoms with Crippen LogP contribution < -0.4 is 5.43 Å². The second-order valence-electron chi connectivity index (χ2n) is 5.59. The topological polar surface area (TPSA) is 83.0 Å².